The predicted octanol–water partition coefficient (Wildman–Crippen LogP) is 5.83. The van der Waals surface area contributed by atoms with E-state index in [4.69, 9.17) is 18.9 Å². The van der Waals surface area contributed by atoms with Crippen LogP contribution in [0.4, 0.5) is 4.79 Å². The summed E-state index contributed by atoms with van der Waals surface area (Å²) in [4.78, 5) is 24.6. The first-order chi connectivity index (χ1) is 18.1. The van der Waals surface area contributed by atoms with E-state index < -0.39 is 18.1 Å². The Kier molecular flexibility index (Phi) is 8.97. The maximum absolute atomic E-state index is 12.3. The van der Waals surface area contributed by atoms with Crippen molar-refractivity contribution < 1.29 is 28.5 Å². The lowest BCUT2D eigenvalue weighted by atomic mass is 10.1. The maximum atomic E-state index is 12.3. The Hall–Kier alpha value is -4.52. The summed E-state index contributed by atoms with van der Waals surface area (Å²) in [7, 11) is 1.27. The van der Waals surface area contributed by atoms with Crippen LogP contribution in [0.2, 0.25) is 0 Å². The predicted molar refractivity (Wildman–Crippen MR) is 141 cm³/mol. The van der Waals surface area contributed by atoms with E-state index in [1.807, 2.05) is 60.7 Å². The molecular weight excluding hydrogens is 470 g/mol. The molecule has 0 saturated carbocycles. The van der Waals surface area contributed by atoms with Crippen molar-refractivity contribution >= 4 is 22.8 Å². The number of carbonyl (C=O) groups is 2. The van der Waals surface area contributed by atoms with E-state index in [1.54, 1.807) is 24.3 Å². The molecule has 1 unspecified atom stereocenters. The number of esters is 1. The quantitative estimate of drug-likeness (QED) is 0.207. The third-order valence-corrected chi connectivity index (χ3v) is 5.67. The normalized spacial score (nSPS) is 11.4. The van der Waals surface area contributed by atoms with Crippen LogP contribution in [0.3, 0.4) is 0 Å². The van der Waals surface area contributed by atoms with Gasteiger partial charge in [-0.05, 0) is 46.2 Å². The molecule has 1 amide bonds. The van der Waals surface area contributed by atoms with Crippen molar-refractivity contribution in [2.75, 3.05) is 20.3 Å². The fourth-order valence-electron chi connectivity index (χ4n) is 3.73. The Morgan fingerprint density at radius 3 is 2.14 bits per heavy atom. The molecule has 37 heavy (non-hydrogen) atoms. The molecule has 0 aliphatic carbocycles. The second-order valence-electron chi connectivity index (χ2n) is 8.29. The number of amides is 1. The minimum atomic E-state index is -1.00. The zero-order valence-corrected chi connectivity index (χ0v) is 20.6. The van der Waals surface area contributed by atoms with E-state index >= 15 is 0 Å². The van der Waals surface area contributed by atoms with E-state index in [2.05, 4.69) is 17.4 Å². The summed E-state index contributed by atoms with van der Waals surface area (Å²) in [6.07, 6.45) is -0.0141. The van der Waals surface area contributed by atoms with Gasteiger partial charge in [-0.25, -0.2) is 9.59 Å². The Labute approximate surface area is 215 Å². The van der Waals surface area contributed by atoms with Gasteiger partial charge in [-0.2, -0.15) is 0 Å². The molecule has 0 heterocycles. The van der Waals surface area contributed by atoms with Crippen molar-refractivity contribution in [3.63, 3.8) is 0 Å². The topological polar surface area (TPSA) is 83.1 Å². The van der Waals surface area contributed by atoms with E-state index in [0.29, 0.717) is 30.9 Å². The van der Waals surface area contributed by atoms with Crippen molar-refractivity contribution in [3.8, 4) is 11.5 Å². The summed E-state index contributed by atoms with van der Waals surface area (Å²) in [5.41, 5.74) is 1.40. The lowest BCUT2D eigenvalue weighted by Crippen LogP contribution is -2.34. The zero-order chi connectivity index (χ0) is 25.9. The molecule has 0 bridgehead atoms. The number of hydrogen-bond donors (Lipinski definition) is 1. The lowest BCUT2D eigenvalue weighted by molar-refractivity contribution is -0.143. The minimum absolute atomic E-state index is 0.0952. The van der Waals surface area contributed by atoms with Crippen LogP contribution >= 0.6 is 0 Å². The van der Waals surface area contributed by atoms with Crippen molar-refractivity contribution in [1.82, 2.24) is 5.32 Å². The average Bonchev–Trinajstić information content (AvgIpc) is 2.95. The number of hydrogen-bond acceptors (Lipinski definition) is 6. The van der Waals surface area contributed by atoms with Gasteiger partial charge in [-0.1, -0.05) is 72.8 Å². The molecule has 0 spiro atoms. The Morgan fingerprint density at radius 1 is 0.757 bits per heavy atom. The first-order valence-electron chi connectivity index (χ1n) is 12.0. The van der Waals surface area contributed by atoms with Gasteiger partial charge in [0.2, 0.25) is 0 Å². The number of alkyl carbamates (subject to hydrolysis) is 1. The highest BCUT2D eigenvalue weighted by Gasteiger charge is 2.24. The van der Waals surface area contributed by atoms with Crippen LogP contribution in [0.1, 0.15) is 23.6 Å². The fourth-order valence-corrected chi connectivity index (χ4v) is 3.73. The number of fused-ring (bicyclic) bond motifs is 1. The van der Waals surface area contributed by atoms with Crippen molar-refractivity contribution in [2.45, 2.75) is 19.1 Å². The molecule has 190 valence electrons. The summed E-state index contributed by atoms with van der Waals surface area (Å²) in [5.74, 6) is 0.868. The molecule has 7 nitrogen and oxygen atoms in total. The number of rotatable bonds is 11. The summed E-state index contributed by atoms with van der Waals surface area (Å²) in [5, 5.41) is 4.88. The van der Waals surface area contributed by atoms with E-state index in [-0.39, 0.29) is 6.61 Å². The molecule has 0 fully saturated rings. The van der Waals surface area contributed by atoms with Crippen molar-refractivity contribution in [3.05, 3.63) is 108 Å². The van der Waals surface area contributed by atoms with Crippen LogP contribution < -0.4 is 14.8 Å². The van der Waals surface area contributed by atoms with Crippen LogP contribution in [-0.2, 0) is 20.9 Å². The molecular formula is C30H29NO6. The highest BCUT2D eigenvalue weighted by Crippen LogP contribution is 2.22. The Morgan fingerprint density at radius 2 is 1.41 bits per heavy atom. The van der Waals surface area contributed by atoms with Gasteiger partial charge in [0, 0.05) is 6.42 Å². The molecule has 4 rings (SSSR count). The third-order valence-electron chi connectivity index (χ3n) is 5.67. The van der Waals surface area contributed by atoms with Gasteiger partial charge in [0.15, 0.2) is 6.04 Å². The highest BCUT2D eigenvalue weighted by atomic mass is 16.6. The molecule has 4 aromatic rings. The molecule has 1 atom stereocenters. The molecule has 0 aliphatic rings. The molecule has 7 heteroatoms. The maximum Gasteiger partial charge on any atom is 0.408 e. The van der Waals surface area contributed by atoms with E-state index in [1.165, 1.54) is 12.5 Å². The average molecular weight is 500 g/mol. The summed E-state index contributed by atoms with van der Waals surface area (Å²) >= 11 is 0. The van der Waals surface area contributed by atoms with E-state index in [9.17, 15) is 9.59 Å². The van der Waals surface area contributed by atoms with Crippen molar-refractivity contribution in [2.24, 2.45) is 0 Å². The number of carbonyl (C=O) groups excluding carboxylic acids is 2. The first-order valence-corrected chi connectivity index (χ1v) is 12.0. The van der Waals surface area contributed by atoms with Gasteiger partial charge in [0.25, 0.3) is 0 Å². The second-order valence-corrected chi connectivity index (χ2v) is 8.29. The first kappa shape index (κ1) is 25.6. The number of nitrogens with one attached hydrogen (secondary N) is 1. The lowest BCUT2D eigenvalue weighted by Gasteiger charge is -2.17. The SMILES string of the molecule is COC(=O)C(NC(=O)OCc1ccccc1)c1ccc(OCCCOc2ccc3ccccc3c2)cc1. The Balaban J connectivity index is 1.24. The summed E-state index contributed by atoms with van der Waals surface area (Å²) in [6.45, 7) is 1.09. The molecule has 1 N–H and O–H groups in total. The van der Waals surface area contributed by atoms with E-state index in [0.717, 1.165) is 16.7 Å². The van der Waals surface area contributed by atoms with Gasteiger partial charge in [-0.15, -0.1) is 0 Å². The molecule has 4 aromatic carbocycles. The fraction of sp³-hybridized carbons (Fsp3) is 0.200. The second kappa shape index (κ2) is 13.0. The zero-order valence-electron chi connectivity index (χ0n) is 20.6. The molecule has 0 aliphatic heterocycles. The van der Waals surface area contributed by atoms with Crippen LogP contribution in [0.15, 0.2) is 97.1 Å². The van der Waals surface area contributed by atoms with Crippen LogP contribution in [0.5, 0.6) is 11.5 Å². The van der Waals surface area contributed by atoms with Gasteiger partial charge in [-0.3, -0.25) is 0 Å². The summed E-state index contributed by atoms with van der Waals surface area (Å²) in [6, 6.07) is 29.4. The van der Waals surface area contributed by atoms with Crippen molar-refractivity contribution in [1.29, 1.82) is 0 Å². The van der Waals surface area contributed by atoms with Crippen LogP contribution in [0.25, 0.3) is 10.8 Å². The van der Waals surface area contributed by atoms with Gasteiger partial charge in [0.05, 0.1) is 20.3 Å². The smallest absolute Gasteiger partial charge is 0.408 e. The largest absolute Gasteiger partial charge is 0.493 e. The number of methoxy groups -OCH3 is 1. The third kappa shape index (κ3) is 7.48. The van der Waals surface area contributed by atoms with Gasteiger partial charge in [0.1, 0.15) is 18.1 Å². The number of benzene rings is 4. The van der Waals surface area contributed by atoms with Gasteiger partial charge >= 0.3 is 12.1 Å². The number of ether oxygens (including phenoxy) is 4. The van der Waals surface area contributed by atoms with Crippen LogP contribution in [0, 0.1) is 0 Å². The monoisotopic (exact) mass is 499 g/mol. The Bertz CT molecular complexity index is 1310. The highest BCUT2D eigenvalue weighted by molar-refractivity contribution is 5.84. The molecule has 0 radical (unpaired) electrons. The van der Waals surface area contributed by atoms with Crippen LogP contribution in [-0.4, -0.2) is 32.4 Å². The summed E-state index contributed by atoms with van der Waals surface area (Å²) < 4.78 is 21.7. The standard InChI is InChI=1S/C30H29NO6/c1-34-29(32)28(31-30(33)37-21-22-8-3-2-4-9-22)24-13-15-26(16-14-24)35-18-7-19-36-27-17-12-23-10-5-6-11-25(23)20-27/h2-6,8-17,20,28H,7,18-19,21H2,1H3,(H,31,33). The molecule has 0 saturated heterocycles. The molecule has 0 aromatic heterocycles. The minimum Gasteiger partial charge on any atom is -0.493 e. The van der Waals surface area contributed by atoms with Gasteiger partial charge < -0.3 is 24.3 Å².